The second kappa shape index (κ2) is 6.72. The molecule has 0 aliphatic rings. The fraction of sp³-hybridized carbons (Fsp3) is 0. The number of fused-ring (bicyclic) bond motifs is 1. The first kappa shape index (κ1) is 16.5. The first-order chi connectivity index (χ1) is 13.1. The number of nitrogens with zero attached hydrogens (tertiary/aromatic N) is 3. The zero-order chi connectivity index (χ0) is 18.8. The molecule has 4 rings (SSSR count). The van der Waals surface area contributed by atoms with Gasteiger partial charge in [-0.3, -0.25) is 14.9 Å². The predicted octanol–water partition coefficient (Wildman–Crippen LogP) is 4.16. The molecule has 0 radical (unpaired) electrons. The van der Waals surface area contributed by atoms with Gasteiger partial charge in [-0.25, -0.2) is 4.98 Å². The normalized spacial score (nSPS) is 10.7. The Balaban J connectivity index is 1.64. The third-order valence-electron chi connectivity index (χ3n) is 4.16. The summed E-state index contributed by atoms with van der Waals surface area (Å²) in [6, 6.07) is 18.6. The molecule has 7 heteroatoms. The molecule has 2 heterocycles. The van der Waals surface area contributed by atoms with Crippen LogP contribution in [0.1, 0.15) is 10.4 Å². The van der Waals surface area contributed by atoms with E-state index in [4.69, 9.17) is 0 Å². The van der Waals surface area contributed by atoms with Gasteiger partial charge in [0.2, 0.25) is 0 Å². The molecule has 1 amide bonds. The highest BCUT2D eigenvalue weighted by Gasteiger charge is 2.13. The molecular weight excluding hydrogens is 344 g/mol. The first-order valence-electron chi connectivity index (χ1n) is 8.21. The van der Waals surface area contributed by atoms with Crippen molar-refractivity contribution in [3.8, 4) is 11.3 Å². The first-order valence-corrected chi connectivity index (χ1v) is 8.21. The van der Waals surface area contributed by atoms with Gasteiger partial charge in [0.1, 0.15) is 5.65 Å². The van der Waals surface area contributed by atoms with E-state index in [0.29, 0.717) is 11.3 Å². The molecular formula is C20H14N4O3. The van der Waals surface area contributed by atoms with Crippen molar-refractivity contribution in [3.05, 3.63) is 94.8 Å². The molecule has 1 N–H and O–H groups in total. The number of para-hydroxylation sites is 1. The fourth-order valence-corrected chi connectivity index (χ4v) is 2.81. The van der Waals surface area contributed by atoms with E-state index in [-0.39, 0.29) is 11.6 Å². The molecule has 0 fully saturated rings. The van der Waals surface area contributed by atoms with Gasteiger partial charge in [-0.05, 0) is 30.3 Å². The maximum Gasteiger partial charge on any atom is 0.269 e. The van der Waals surface area contributed by atoms with Gasteiger partial charge in [-0.15, -0.1) is 0 Å². The number of imidazole rings is 1. The van der Waals surface area contributed by atoms with Gasteiger partial charge in [0.25, 0.3) is 11.6 Å². The van der Waals surface area contributed by atoms with Crippen LogP contribution in [0.15, 0.2) is 79.1 Å². The van der Waals surface area contributed by atoms with Crippen molar-refractivity contribution in [2.45, 2.75) is 0 Å². The molecule has 2 aromatic heterocycles. The van der Waals surface area contributed by atoms with Crippen LogP contribution in [0, 0.1) is 10.1 Å². The minimum absolute atomic E-state index is 0.0587. The molecule has 0 saturated heterocycles. The van der Waals surface area contributed by atoms with Crippen LogP contribution < -0.4 is 5.32 Å². The van der Waals surface area contributed by atoms with Crippen molar-refractivity contribution in [2.75, 3.05) is 5.32 Å². The Bertz CT molecular complexity index is 1120. The lowest BCUT2D eigenvalue weighted by atomic mass is 10.1. The standard InChI is InChI=1S/C20H14N4O3/c25-20(14-8-10-15(11-9-14)24(26)27)22-17-6-2-1-5-16(17)18-13-23-12-4-3-7-19(23)21-18/h1-13H,(H,22,25). The highest BCUT2D eigenvalue weighted by molar-refractivity contribution is 6.06. The van der Waals surface area contributed by atoms with Gasteiger partial charge in [-0.2, -0.15) is 0 Å². The topological polar surface area (TPSA) is 89.5 Å². The van der Waals surface area contributed by atoms with Crippen molar-refractivity contribution < 1.29 is 9.72 Å². The van der Waals surface area contributed by atoms with E-state index < -0.39 is 4.92 Å². The summed E-state index contributed by atoms with van der Waals surface area (Å²) in [5.41, 5.74) is 3.23. The number of pyridine rings is 1. The Labute approximate surface area is 154 Å². The highest BCUT2D eigenvalue weighted by atomic mass is 16.6. The van der Waals surface area contributed by atoms with Crippen molar-refractivity contribution in [2.24, 2.45) is 0 Å². The molecule has 0 unspecified atom stereocenters. The summed E-state index contributed by atoms with van der Waals surface area (Å²) < 4.78 is 1.91. The second-order valence-electron chi connectivity index (χ2n) is 5.90. The lowest BCUT2D eigenvalue weighted by Gasteiger charge is -2.09. The Hall–Kier alpha value is -4.00. The molecule has 0 bridgehead atoms. The number of amides is 1. The largest absolute Gasteiger partial charge is 0.321 e. The lowest BCUT2D eigenvalue weighted by molar-refractivity contribution is -0.384. The number of nitrogens with one attached hydrogen (secondary N) is 1. The zero-order valence-corrected chi connectivity index (χ0v) is 14.1. The summed E-state index contributed by atoms with van der Waals surface area (Å²) >= 11 is 0. The average Bonchev–Trinajstić information content (AvgIpc) is 3.12. The van der Waals surface area contributed by atoms with Crippen LogP contribution in [-0.4, -0.2) is 20.2 Å². The summed E-state index contributed by atoms with van der Waals surface area (Å²) in [7, 11) is 0. The van der Waals surface area contributed by atoms with Crippen LogP contribution >= 0.6 is 0 Å². The quantitative estimate of drug-likeness (QED) is 0.438. The van der Waals surface area contributed by atoms with Gasteiger partial charge in [0, 0.05) is 35.7 Å². The van der Waals surface area contributed by atoms with Gasteiger partial charge in [0.15, 0.2) is 0 Å². The number of rotatable bonds is 4. The monoisotopic (exact) mass is 358 g/mol. The summed E-state index contributed by atoms with van der Waals surface area (Å²) in [4.78, 5) is 27.4. The fourth-order valence-electron chi connectivity index (χ4n) is 2.81. The number of benzene rings is 2. The van der Waals surface area contributed by atoms with E-state index in [2.05, 4.69) is 10.3 Å². The number of hydrogen-bond donors (Lipinski definition) is 1. The number of carbonyl (C=O) groups is 1. The maximum atomic E-state index is 12.5. The van der Waals surface area contributed by atoms with E-state index in [0.717, 1.165) is 16.9 Å². The molecule has 0 saturated carbocycles. The number of aromatic nitrogens is 2. The molecule has 0 spiro atoms. The third-order valence-corrected chi connectivity index (χ3v) is 4.16. The van der Waals surface area contributed by atoms with Crippen molar-refractivity contribution in [3.63, 3.8) is 0 Å². The average molecular weight is 358 g/mol. The van der Waals surface area contributed by atoms with Crippen LogP contribution in [0.3, 0.4) is 0 Å². The van der Waals surface area contributed by atoms with Gasteiger partial charge in [0.05, 0.1) is 16.3 Å². The predicted molar refractivity (Wildman–Crippen MR) is 102 cm³/mol. The SMILES string of the molecule is O=C(Nc1ccccc1-c1cn2ccccc2n1)c1ccc([N+](=O)[O-])cc1. The highest BCUT2D eigenvalue weighted by Crippen LogP contribution is 2.28. The smallest absolute Gasteiger partial charge is 0.269 e. The van der Waals surface area contributed by atoms with Crippen LogP contribution in [0.4, 0.5) is 11.4 Å². The lowest BCUT2D eigenvalue weighted by Crippen LogP contribution is -2.12. The third kappa shape index (κ3) is 3.25. The van der Waals surface area contributed by atoms with Crippen LogP contribution in [0.2, 0.25) is 0 Å². The minimum atomic E-state index is -0.500. The summed E-state index contributed by atoms with van der Waals surface area (Å²) in [6.45, 7) is 0. The Morgan fingerprint density at radius 1 is 1.00 bits per heavy atom. The Morgan fingerprint density at radius 3 is 2.48 bits per heavy atom. The van der Waals surface area contributed by atoms with Crippen LogP contribution in [0.5, 0.6) is 0 Å². The van der Waals surface area contributed by atoms with Gasteiger partial charge >= 0.3 is 0 Å². The van der Waals surface area contributed by atoms with Crippen LogP contribution in [0.25, 0.3) is 16.9 Å². The Morgan fingerprint density at radius 2 is 1.74 bits per heavy atom. The number of anilines is 1. The van der Waals surface area contributed by atoms with Crippen molar-refractivity contribution in [1.82, 2.24) is 9.38 Å². The van der Waals surface area contributed by atoms with Crippen LogP contribution in [-0.2, 0) is 0 Å². The molecule has 7 nitrogen and oxygen atoms in total. The summed E-state index contributed by atoms with van der Waals surface area (Å²) in [6.07, 6.45) is 3.80. The van der Waals surface area contributed by atoms with Crippen molar-refractivity contribution >= 4 is 22.9 Å². The maximum absolute atomic E-state index is 12.5. The minimum Gasteiger partial charge on any atom is -0.321 e. The molecule has 0 aliphatic heterocycles. The summed E-state index contributed by atoms with van der Waals surface area (Å²) in [5, 5.41) is 13.6. The number of non-ortho nitro benzene ring substituents is 1. The van der Waals surface area contributed by atoms with E-state index in [1.807, 2.05) is 53.2 Å². The molecule has 4 aromatic rings. The Kier molecular flexibility index (Phi) is 4.10. The summed E-state index contributed by atoms with van der Waals surface area (Å²) in [5.74, 6) is -0.346. The molecule has 2 aromatic carbocycles. The zero-order valence-electron chi connectivity index (χ0n) is 14.1. The number of hydrogen-bond acceptors (Lipinski definition) is 4. The van der Waals surface area contributed by atoms with Crippen molar-refractivity contribution in [1.29, 1.82) is 0 Å². The number of nitro benzene ring substituents is 1. The van der Waals surface area contributed by atoms with E-state index >= 15 is 0 Å². The van der Waals surface area contributed by atoms with Gasteiger partial charge < -0.3 is 9.72 Å². The van der Waals surface area contributed by atoms with E-state index in [9.17, 15) is 14.9 Å². The molecule has 0 aliphatic carbocycles. The van der Waals surface area contributed by atoms with E-state index in [1.165, 1.54) is 24.3 Å². The number of nitro groups is 1. The second-order valence-corrected chi connectivity index (χ2v) is 5.90. The van der Waals surface area contributed by atoms with Gasteiger partial charge in [-0.1, -0.05) is 24.3 Å². The van der Waals surface area contributed by atoms with E-state index in [1.54, 1.807) is 6.07 Å². The number of carbonyl (C=O) groups excluding carboxylic acids is 1. The molecule has 27 heavy (non-hydrogen) atoms. The molecule has 0 atom stereocenters. The molecule has 132 valence electrons.